The van der Waals surface area contributed by atoms with Gasteiger partial charge in [-0.05, 0) is 74.9 Å². The minimum Gasteiger partial charge on any atom is -0.290 e. The first-order valence-corrected chi connectivity index (χ1v) is 7.83. The molecule has 1 heteroatoms. The second kappa shape index (κ2) is 4.19. The number of fused-ring (bicyclic) bond motifs is 5. The number of ketones is 1. The van der Waals surface area contributed by atoms with Crippen molar-refractivity contribution in [1.82, 2.24) is 0 Å². The normalized spacial score (nSPS) is 44.1. The van der Waals surface area contributed by atoms with Crippen LogP contribution in [0.25, 0.3) is 0 Å². The van der Waals surface area contributed by atoms with Crippen LogP contribution in [0.5, 0.6) is 0 Å². The van der Waals surface area contributed by atoms with Crippen molar-refractivity contribution in [3.05, 3.63) is 35.5 Å². The Morgan fingerprint density at radius 1 is 1.05 bits per heavy atom. The van der Waals surface area contributed by atoms with Gasteiger partial charge >= 0.3 is 0 Å². The van der Waals surface area contributed by atoms with Gasteiger partial charge in [-0.1, -0.05) is 23.3 Å². The van der Waals surface area contributed by atoms with Crippen LogP contribution in [0.4, 0.5) is 0 Å². The second-order valence-electron chi connectivity index (χ2n) is 6.92. The number of carbonyl (C=O) groups is 1. The molecule has 0 N–H and O–H groups in total. The molecule has 0 spiro atoms. The van der Waals surface area contributed by atoms with Gasteiger partial charge in [0.15, 0.2) is 5.78 Å². The summed E-state index contributed by atoms with van der Waals surface area (Å²) in [4.78, 5) is 11.7. The van der Waals surface area contributed by atoms with Crippen molar-refractivity contribution >= 4 is 5.78 Å². The van der Waals surface area contributed by atoms with Crippen LogP contribution in [0.1, 0.15) is 39.0 Å². The van der Waals surface area contributed by atoms with Crippen LogP contribution in [0.2, 0.25) is 0 Å². The highest BCUT2D eigenvalue weighted by atomic mass is 16.1. The maximum Gasteiger partial charge on any atom is 0.178 e. The largest absolute Gasteiger partial charge is 0.290 e. The molecule has 0 aromatic rings. The Hall–Kier alpha value is -1.11. The second-order valence-corrected chi connectivity index (χ2v) is 6.92. The molecule has 0 aromatic carbocycles. The molecule has 2 fully saturated rings. The van der Waals surface area contributed by atoms with Gasteiger partial charge in [-0.15, -0.1) is 0 Å². The molecule has 4 rings (SSSR count). The summed E-state index contributed by atoms with van der Waals surface area (Å²) < 4.78 is 0. The van der Waals surface area contributed by atoms with Crippen LogP contribution in [-0.2, 0) is 4.79 Å². The van der Waals surface area contributed by atoms with Crippen LogP contribution >= 0.6 is 0 Å². The van der Waals surface area contributed by atoms with Gasteiger partial charge in [0, 0.05) is 5.92 Å². The van der Waals surface area contributed by atoms with Gasteiger partial charge in [0.25, 0.3) is 0 Å². The fraction of sp³-hybridized carbons (Fsp3) is 0.611. The average Bonchev–Trinajstić information content (AvgIpc) is 2.85. The van der Waals surface area contributed by atoms with Gasteiger partial charge in [0.1, 0.15) is 0 Å². The van der Waals surface area contributed by atoms with E-state index in [0.717, 1.165) is 30.1 Å². The molecule has 0 amide bonds. The van der Waals surface area contributed by atoms with Crippen molar-refractivity contribution in [3.8, 4) is 0 Å². The van der Waals surface area contributed by atoms with Crippen molar-refractivity contribution < 1.29 is 4.79 Å². The Bertz CT molecular complexity index is 508. The molecule has 0 aliphatic heterocycles. The van der Waals surface area contributed by atoms with Crippen LogP contribution < -0.4 is 0 Å². The lowest BCUT2D eigenvalue weighted by molar-refractivity contribution is -0.110. The molecule has 5 unspecified atom stereocenters. The third kappa shape index (κ3) is 1.70. The Balaban J connectivity index is 1.67. The Morgan fingerprint density at radius 2 is 1.95 bits per heavy atom. The fourth-order valence-corrected chi connectivity index (χ4v) is 5.38. The van der Waals surface area contributed by atoms with Crippen LogP contribution in [-0.4, -0.2) is 5.78 Å². The summed E-state index contributed by atoms with van der Waals surface area (Å²) in [5.41, 5.74) is 2.78. The first-order chi connectivity index (χ1) is 9.24. The van der Waals surface area contributed by atoms with Crippen LogP contribution in [0.3, 0.4) is 0 Å². The molecule has 0 bridgehead atoms. The molecule has 100 valence electrons. The van der Waals surface area contributed by atoms with Crippen molar-refractivity contribution in [1.29, 1.82) is 0 Å². The first kappa shape index (κ1) is 11.7. The molecule has 0 aromatic heterocycles. The standard InChI is InChI=1S/C18H22O/c1-11-9-14(19)10-13-6-7-16-15-4-2-3-12(15)5-8-17(16)18(11)13/h2-3,9-10,12,15-18H,4-8H2,1H3. The third-order valence-electron chi connectivity index (χ3n) is 6.06. The number of hydrogen-bond acceptors (Lipinski definition) is 1. The smallest absolute Gasteiger partial charge is 0.178 e. The summed E-state index contributed by atoms with van der Waals surface area (Å²) in [6.07, 6.45) is 15.2. The minimum atomic E-state index is 0.221. The predicted octanol–water partition coefficient (Wildman–Crippen LogP) is 4.07. The topological polar surface area (TPSA) is 17.1 Å². The molecule has 1 nitrogen and oxygen atoms in total. The molecular weight excluding hydrogens is 232 g/mol. The zero-order valence-electron chi connectivity index (χ0n) is 11.6. The molecule has 2 saturated carbocycles. The zero-order valence-corrected chi connectivity index (χ0v) is 11.6. The highest BCUT2D eigenvalue weighted by Crippen LogP contribution is 2.55. The van der Waals surface area contributed by atoms with Gasteiger partial charge in [-0.3, -0.25) is 4.79 Å². The summed E-state index contributed by atoms with van der Waals surface area (Å²) in [7, 11) is 0. The van der Waals surface area contributed by atoms with E-state index in [4.69, 9.17) is 0 Å². The fourth-order valence-electron chi connectivity index (χ4n) is 5.38. The van der Waals surface area contributed by atoms with Gasteiger partial charge in [-0.25, -0.2) is 0 Å². The summed E-state index contributed by atoms with van der Waals surface area (Å²) in [5, 5.41) is 0. The van der Waals surface area contributed by atoms with Crippen molar-refractivity contribution in [2.24, 2.45) is 29.6 Å². The zero-order chi connectivity index (χ0) is 13.0. The van der Waals surface area contributed by atoms with E-state index in [1.165, 1.54) is 36.8 Å². The minimum absolute atomic E-state index is 0.221. The highest BCUT2D eigenvalue weighted by molar-refractivity contribution is 6.01. The number of allylic oxidation sites excluding steroid dienone is 6. The average molecular weight is 254 g/mol. The third-order valence-corrected chi connectivity index (χ3v) is 6.06. The quantitative estimate of drug-likeness (QED) is 0.595. The van der Waals surface area contributed by atoms with Crippen LogP contribution in [0, 0.1) is 29.6 Å². The molecule has 0 radical (unpaired) electrons. The number of hydrogen-bond donors (Lipinski definition) is 0. The van der Waals surface area contributed by atoms with Crippen molar-refractivity contribution in [2.45, 2.75) is 39.0 Å². The van der Waals surface area contributed by atoms with E-state index >= 15 is 0 Å². The van der Waals surface area contributed by atoms with Crippen molar-refractivity contribution in [3.63, 3.8) is 0 Å². The Morgan fingerprint density at radius 3 is 2.84 bits per heavy atom. The van der Waals surface area contributed by atoms with Gasteiger partial charge in [0.2, 0.25) is 0 Å². The molecular formula is C18H22O. The number of carbonyl (C=O) groups excluding carboxylic acids is 1. The highest BCUT2D eigenvalue weighted by Gasteiger charge is 2.46. The van der Waals surface area contributed by atoms with E-state index in [0.29, 0.717) is 5.92 Å². The molecule has 4 aliphatic rings. The summed E-state index contributed by atoms with van der Waals surface area (Å²) in [6, 6.07) is 0. The lowest BCUT2D eigenvalue weighted by Crippen LogP contribution is -2.41. The predicted molar refractivity (Wildman–Crippen MR) is 76.5 cm³/mol. The molecule has 19 heavy (non-hydrogen) atoms. The summed E-state index contributed by atoms with van der Waals surface area (Å²) in [6.45, 7) is 2.18. The molecule has 5 atom stereocenters. The van der Waals surface area contributed by atoms with Crippen molar-refractivity contribution in [2.75, 3.05) is 0 Å². The maximum absolute atomic E-state index is 11.7. The SMILES string of the molecule is CC1=CC(=O)C=C2CCC3C4CC=CC4CCC3C12. The Labute approximate surface area is 115 Å². The molecule has 4 aliphatic carbocycles. The first-order valence-electron chi connectivity index (χ1n) is 7.83. The van der Waals surface area contributed by atoms with Gasteiger partial charge in [0.05, 0.1) is 0 Å². The number of rotatable bonds is 0. The van der Waals surface area contributed by atoms with Gasteiger partial charge in [-0.2, -0.15) is 0 Å². The monoisotopic (exact) mass is 254 g/mol. The maximum atomic E-state index is 11.7. The van der Waals surface area contributed by atoms with E-state index in [2.05, 4.69) is 19.1 Å². The molecule has 0 heterocycles. The van der Waals surface area contributed by atoms with E-state index < -0.39 is 0 Å². The van der Waals surface area contributed by atoms with E-state index in [1.54, 1.807) is 0 Å². The summed E-state index contributed by atoms with van der Waals surface area (Å²) >= 11 is 0. The summed E-state index contributed by atoms with van der Waals surface area (Å²) in [5.74, 6) is 4.29. The van der Waals surface area contributed by atoms with E-state index in [9.17, 15) is 4.79 Å². The van der Waals surface area contributed by atoms with E-state index in [1.807, 2.05) is 12.2 Å². The Kier molecular flexibility index (Phi) is 2.58. The molecule has 0 saturated heterocycles. The van der Waals surface area contributed by atoms with Crippen LogP contribution in [0.15, 0.2) is 35.5 Å². The lowest BCUT2D eigenvalue weighted by Gasteiger charge is -2.49. The van der Waals surface area contributed by atoms with E-state index in [-0.39, 0.29) is 5.78 Å². The lowest BCUT2D eigenvalue weighted by atomic mass is 9.56. The van der Waals surface area contributed by atoms with Gasteiger partial charge < -0.3 is 0 Å².